The van der Waals surface area contributed by atoms with Gasteiger partial charge in [-0.25, -0.2) is 4.98 Å². The molecular formula is C17H17BrN2O. The first-order valence-corrected chi connectivity index (χ1v) is 7.66. The summed E-state index contributed by atoms with van der Waals surface area (Å²) in [6, 6.07) is 15.8. The van der Waals surface area contributed by atoms with Gasteiger partial charge in [-0.3, -0.25) is 0 Å². The fraction of sp³-hybridized carbons (Fsp3) is 0.235. The standard InChI is InChI=1S/C17H17BrN2O/c1-17(21,12-7-3-4-8-13(12)18)11-16-19-14-9-5-6-10-15(14)20(16)2/h3-10,21H,11H2,1-2H3. The molecule has 0 fully saturated rings. The average molecular weight is 345 g/mol. The maximum absolute atomic E-state index is 10.9. The predicted octanol–water partition coefficient (Wildman–Crippen LogP) is 3.79. The van der Waals surface area contributed by atoms with E-state index in [1.54, 1.807) is 0 Å². The van der Waals surface area contributed by atoms with E-state index in [0.717, 1.165) is 26.9 Å². The van der Waals surface area contributed by atoms with Crippen LogP contribution in [0.5, 0.6) is 0 Å². The molecule has 108 valence electrons. The molecule has 21 heavy (non-hydrogen) atoms. The van der Waals surface area contributed by atoms with E-state index in [2.05, 4.69) is 20.9 Å². The van der Waals surface area contributed by atoms with Crippen molar-refractivity contribution in [2.45, 2.75) is 18.9 Å². The fourth-order valence-electron chi connectivity index (χ4n) is 2.65. The van der Waals surface area contributed by atoms with Crippen molar-refractivity contribution in [2.75, 3.05) is 0 Å². The van der Waals surface area contributed by atoms with Crippen molar-refractivity contribution in [1.29, 1.82) is 0 Å². The Labute approximate surface area is 132 Å². The smallest absolute Gasteiger partial charge is 0.112 e. The van der Waals surface area contributed by atoms with Gasteiger partial charge < -0.3 is 9.67 Å². The minimum Gasteiger partial charge on any atom is -0.385 e. The molecule has 4 heteroatoms. The van der Waals surface area contributed by atoms with Gasteiger partial charge in [-0.15, -0.1) is 0 Å². The second kappa shape index (κ2) is 5.28. The van der Waals surface area contributed by atoms with Crippen LogP contribution >= 0.6 is 15.9 Å². The van der Waals surface area contributed by atoms with Crippen LogP contribution < -0.4 is 0 Å². The molecule has 0 aliphatic carbocycles. The Bertz CT molecular complexity index is 792. The van der Waals surface area contributed by atoms with Gasteiger partial charge in [0.25, 0.3) is 0 Å². The van der Waals surface area contributed by atoms with Crippen LogP contribution in [0.25, 0.3) is 11.0 Å². The molecule has 3 aromatic rings. The molecule has 1 N–H and O–H groups in total. The van der Waals surface area contributed by atoms with Crippen LogP contribution in [-0.2, 0) is 19.1 Å². The third-order valence-corrected chi connectivity index (χ3v) is 4.53. The number of imidazole rings is 1. The molecule has 3 nitrogen and oxygen atoms in total. The predicted molar refractivity (Wildman–Crippen MR) is 88.1 cm³/mol. The highest BCUT2D eigenvalue weighted by molar-refractivity contribution is 9.10. The molecule has 1 heterocycles. The number of aryl methyl sites for hydroxylation is 1. The first kappa shape index (κ1) is 14.3. The number of aliphatic hydroxyl groups is 1. The SMILES string of the molecule is Cn1c(CC(C)(O)c2ccccc2Br)nc2ccccc21. The lowest BCUT2D eigenvalue weighted by Crippen LogP contribution is -2.26. The summed E-state index contributed by atoms with van der Waals surface area (Å²) in [6.45, 7) is 1.83. The highest BCUT2D eigenvalue weighted by Gasteiger charge is 2.28. The number of hydrogen-bond donors (Lipinski definition) is 1. The minimum atomic E-state index is -0.977. The third-order valence-electron chi connectivity index (χ3n) is 3.84. The second-order valence-electron chi connectivity index (χ2n) is 5.51. The van der Waals surface area contributed by atoms with Crippen LogP contribution in [0.3, 0.4) is 0 Å². The number of rotatable bonds is 3. The number of hydrogen-bond acceptors (Lipinski definition) is 2. The van der Waals surface area contributed by atoms with Crippen molar-refractivity contribution in [3.8, 4) is 0 Å². The lowest BCUT2D eigenvalue weighted by atomic mass is 9.92. The van der Waals surface area contributed by atoms with Crippen LogP contribution in [-0.4, -0.2) is 14.7 Å². The maximum Gasteiger partial charge on any atom is 0.112 e. The highest BCUT2D eigenvalue weighted by atomic mass is 79.9. The van der Waals surface area contributed by atoms with E-state index in [1.165, 1.54) is 0 Å². The summed E-state index contributed by atoms with van der Waals surface area (Å²) in [7, 11) is 1.99. The molecule has 0 spiro atoms. The van der Waals surface area contributed by atoms with E-state index in [1.807, 2.05) is 67.1 Å². The third kappa shape index (κ3) is 2.61. The summed E-state index contributed by atoms with van der Waals surface area (Å²) in [5.74, 6) is 0.872. The Morgan fingerprint density at radius 3 is 2.52 bits per heavy atom. The average Bonchev–Trinajstić information content (AvgIpc) is 2.76. The Morgan fingerprint density at radius 2 is 1.81 bits per heavy atom. The summed E-state index contributed by atoms with van der Waals surface area (Å²) < 4.78 is 2.95. The van der Waals surface area contributed by atoms with Gasteiger partial charge in [-0.1, -0.05) is 46.3 Å². The van der Waals surface area contributed by atoms with E-state index < -0.39 is 5.60 Å². The normalized spacial score (nSPS) is 14.3. The molecule has 0 amide bonds. The van der Waals surface area contributed by atoms with Gasteiger partial charge >= 0.3 is 0 Å². The molecule has 0 saturated heterocycles. The highest BCUT2D eigenvalue weighted by Crippen LogP contribution is 2.31. The zero-order valence-corrected chi connectivity index (χ0v) is 13.6. The zero-order chi connectivity index (χ0) is 15.0. The Morgan fingerprint density at radius 1 is 1.14 bits per heavy atom. The number of halogens is 1. The summed E-state index contributed by atoms with van der Waals surface area (Å²) in [4.78, 5) is 4.64. The maximum atomic E-state index is 10.9. The summed E-state index contributed by atoms with van der Waals surface area (Å²) in [6.07, 6.45) is 0.459. The number of benzene rings is 2. The van der Waals surface area contributed by atoms with Gasteiger partial charge in [-0.2, -0.15) is 0 Å². The van der Waals surface area contributed by atoms with E-state index in [-0.39, 0.29) is 0 Å². The molecular weight excluding hydrogens is 328 g/mol. The minimum absolute atomic E-state index is 0.459. The Hall–Kier alpha value is -1.65. The van der Waals surface area contributed by atoms with E-state index in [0.29, 0.717) is 6.42 Å². The monoisotopic (exact) mass is 344 g/mol. The first-order valence-electron chi connectivity index (χ1n) is 6.87. The topological polar surface area (TPSA) is 38.0 Å². The molecule has 0 radical (unpaired) electrons. The van der Waals surface area contributed by atoms with Crippen molar-refractivity contribution in [1.82, 2.24) is 9.55 Å². The molecule has 1 aromatic heterocycles. The largest absolute Gasteiger partial charge is 0.385 e. The van der Waals surface area contributed by atoms with Crippen molar-refractivity contribution in [3.05, 3.63) is 64.4 Å². The van der Waals surface area contributed by atoms with Gasteiger partial charge in [0.2, 0.25) is 0 Å². The van der Waals surface area contributed by atoms with Gasteiger partial charge in [0.15, 0.2) is 0 Å². The molecule has 2 aromatic carbocycles. The molecule has 0 aliphatic heterocycles. The van der Waals surface area contributed by atoms with Crippen LogP contribution in [0.2, 0.25) is 0 Å². The summed E-state index contributed by atoms with van der Waals surface area (Å²) in [5.41, 5.74) is 1.93. The molecule has 0 saturated carbocycles. The summed E-state index contributed by atoms with van der Waals surface area (Å²) in [5, 5.41) is 10.9. The van der Waals surface area contributed by atoms with Gasteiger partial charge in [0.05, 0.1) is 16.6 Å². The van der Waals surface area contributed by atoms with E-state index in [4.69, 9.17) is 0 Å². The molecule has 1 unspecified atom stereocenters. The second-order valence-corrected chi connectivity index (χ2v) is 6.36. The number of para-hydroxylation sites is 2. The van der Waals surface area contributed by atoms with Crippen LogP contribution in [0, 0.1) is 0 Å². The van der Waals surface area contributed by atoms with Gasteiger partial charge in [-0.05, 0) is 30.7 Å². The van der Waals surface area contributed by atoms with Crippen LogP contribution in [0.4, 0.5) is 0 Å². The number of fused-ring (bicyclic) bond motifs is 1. The molecule has 0 aliphatic rings. The summed E-state index contributed by atoms with van der Waals surface area (Å²) >= 11 is 3.51. The van der Waals surface area contributed by atoms with Gasteiger partial charge in [0, 0.05) is 17.9 Å². The van der Waals surface area contributed by atoms with Crippen LogP contribution in [0.15, 0.2) is 53.0 Å². The lowest BCUT2D eigenvalue weighted by molar-refractivity contribution is 0.0541. The van der Waals surface area contributed by atoms with E-state index in [9.17, 15) is 5.11 Å². The molecule has 0 bridgehead atoms. The molecule has 3 rings (SSSR count). The molecule has 1 atom stereocenters. The Kier molecular flexibility index (Phi) is 3.59. The van der Waals surface area contributed by atoms with E-state index >= 15 is 0 Å². The van der Waals surface area contributed by atoms with Gasteiger partial charge in [0.1, 0.15) is 5.82 Å². The number of nitrogens with zero attached hydrogens (tertiary/aromatic N) is 2. The fourth-order valence-corrected chi connectivity index (χ4v) is 3.37. The van der Waals surface area contributed by atoms with Crippen molar-refractivity contribution < 1.29 is 5.11 Å². The zero-order valence-electron chi connectivity index (χ0n) is 12.0. The van der Waals surface area contributed by atoms with Crippen molar-refractivity contribution in [2.24, 2.45) is 7.05 Å². The Balaban J connectivity index is 2.01. The van der Waals surface area contributed by atoms with Crippen molar-refractivity contribution in [3.63, 3.8) is 0 Å². The van der Waals surface area contributed by atoms with Crippen LogP contribution in [0.1, 0.15) is 18.3 Å². The first-order chi connectivity index (χ1) is 9.99. The lowest BCUT2D eigenvalue weighted by Gasteiger charge is -2.24. The quantitative estimate of drug-likeness (QED) is 0.784. The number of aromatic nitrogens is 2. The van der Waals surface area contributed by atoms with Crippen molar-refractivity contribution >= 4 is 27.0 Å².